The number of hydrogen-bond acceptors (Lipinski definition) is 2. The Bertz CT molecular complexity index is 191. The Morgan fingerprint density at radius 1 is 0.941 bits per heavy atom. The van der Waals surface area contributed by atoms with E-state index >= 15 is 0 Å². The lowest BCUT2D eigenvalue weighted by atomic mass is 9.86. The molecule has 0 amide bonds. The van der Waals surface area contributed by atoms with Gasteiger partial charge in [-0.15, -0.1) is 0 Å². The molecule has 0 aliphatic carbocycles. The minimum Gasteiger partial charge on any atom is -0.465 e. The van der Waals surface area contributed by atoms with Gasteiger partial charge in [0, 0.05) is 0 Å². The molecule has 0 fully saturated rings. The Morgan fingerprint density at radius 2 is 1.47 bits per heavy atom. The van der Waals surface area contributed by atoms with Crippen LogP contribution in [0, 0.1) is 17.8 Å². The first kappa shape index (κ1) is 16.5. The van der Waals surface area contributed by atoms with Crippen LogP contribution in [0.1, 0.15) is 66.7 Å². The number of hydrogen-bond donors (Lipinski definition) is 0. The van der Waals surface area contributed by atoms with Crippen molar-refractivity contribution in [3.8, 4) is 0 Å². The van der Waals surface area contributed by atoms with Crippen LogP contribution in [0.3, 0.4) is 0 Å². The summed E-state index contributed by atoms with van der Waals surface area (Å²) in [5.74, 6) is 2.25. The van der Waals surface area contributed by atoms with E-state index in [2.05, 4.69) is 27.7 Å². The quantitative estimate of drug-likeness (QED) is 0.530. The van der Waals surface area contributed by atoms with Gasteiger partial charge >= 0.3 is 0 Å². The molecule has 0 aromatic heterocycles. The number of ether oxygens (including phenoxy) is 1. The van der Waals surface area contributed by atoms with Crippen LogP contribution in [-0.2, 0) is 9.53 Å². The molecule has 2 heteroatoms. The van der Waals surface area contributed by atoms with Crippen molar-refractivity contribution in [2.75, 3.05) is 0 Å². The minimum atomic E-state index is 0.0581. The van der Waals surface area contributed by atoms with E-state index in [1.165, 1.54) is 25.7 Å². The Morgan fingerprint density at radius 3 is 2.00 bits per heavy atom. The summed E-state index contributed by atoms with van der Waals surface area (Å²) >= 11 is 0. The summed E-state index contributed by atoms with van der Waals surface area (Å²) in [6.45, 7) is 11.7. The Hall–Kier alpha value is -0.530. The van der Waals surface area contributed by atoms with E-state index in [9.17, 15) is 4.79 Å². The number of rotatable bonds is 10. The van der Waals surface area contributed by atoms with Gasteiger partial charge in [-0.25, -0.2) is 0 Å². The minimum absolute atomic E-state index is 0.0581. The lowest BCUT2D eigenvalue weighted by molar-refractivity contribution is -0.133. The van der Waals surface area contributed by atoms with Gasteiger partial charge in [-0.2, -0.15) is 0 Å². The molecule has 102 valence electrons. The van der Waals surface area contributed by atoms with E-state index in [-0.39, 0.29) is 6.10 Å². The van der Waals surface area contributed by atoms with E-state index in [0.29, 0.717) is 12.4 Å². The van der Waals surface area contributed by atoms with Crippen LogP contribution >= 0.6 is 0 Å². The third-order valence-corrected chi connectivity index (χ3v) is 3.41. The van der Waals surface area contributed by atoms with E-state index in [1.807, 2.05) is 6.92 Å². The largest absolute Gasteiger partial charge is 0.465 e. The van der Waals surface area contributed by atoms with Gasteiger partial charge in [-0.1, -0.05) is 40.5 Å². The maximum atomic E-state index is 10.2. The van der Waals surface area contributed by atoms with Gasteiger partial charge in [0.2, 0.25) is 0 Å². The highest BCUT2D eigenvalue weighted by atomic mass is 16.5. The molecule has 0 heterocycles. The van der Waals surface area contributed by atoms with Crippen LogP contribution in [-0.4, -0.2) is 12.6 Å². The van der Waals surface area contributed by atoms with Crippen LogP contribution in [0.15, 0.2) is 0 Å². The molecule has 0 aromatic rings. The average Bonchev–Trinajstić information content (AvgIpc) is 2.16. The lowest BCUT2D eigenvalue weighted by Crippen LogP contribution is -2.14. The Kier molecular flexibility index (Phi) is 9.20. The molecule has 2 nitrogen and oxygen atoms in total. The zero-order chi connectivity index (χ0) is 13.3. The van der Waals surface area contributed by atoms with E-state index in [4.69, 9.17) is 4.74 Å². The average molecular weight is 242 g/mol. The van der Waals surface area contributed by atoms with E-state index < -0.39 is 0 Å². The molecule has 0 spiro atoms. The van der Waals surface area contributed by atoms with E-state index in [0.717, 1.165) is 18.3 Å². The van der Waals surface area contributed by atoms with Crippen molar-refractivity contribution < 1.29 is 9.53 Å². The van der Waals surface area contributed by atoms with Crippen molar-refractivity contribution >= 4 is 6.47 Å². The van der Waals surface area contributed by atoms with Crippen molar-refractivity contribution in [2.24, 2.45) is 17.8 Å². The van der Waals surface area contributed by atoms with Gasteiger partial charge in [-0.3, -0.25) is 4.79 Å². The molecule has 0 rings (SSSR count). The molecule has 0 radical (unpaired) electrons. The second-order valence-corrected chi connectivity index (χ2v) is 5.85. The Balaban J connectivity index is 3.78. The van der Waals surface area contributed by atoms with Crippen LogP contribution in [0.5, 0.6) is 0 Å². The predicted molar refractivity (Wildman–Crippen MR) is 72.9 cm³/mol. The second-order valence-electron chi connectivity index (χ2n) is 5.85. The fraction of sp³-hybridized carbons (Fsp3) is 0.933. The summed E-state index contributed by atoms with van der Waals surface area (Å²) < 4.78 is 4.93. The van der Waals surface area contributed by atoms with Gasteiger partial charge < -0.3 is 4.74 Å². The molecular formula is C15H30O2. The molecule has 0 saturated carbocycles. The van der Waals surface area contributed by atoms with Gasteiger partial charge in [-0.05, 0) is 43.9 Å². The number of carbonyl (C=O) groups is 1. The molecular weight excluding hydrogens is 212 g/mol. The maximum Gasteiger partial charge on any atom is 0.293 e. The highest BCUT2D eigenvalue weighted by molar-refractivity contribution is 5.37. The second kappa shape index (κ2) is 9.49. The summed E-state index contributed by atoms with van der Waals surface area (Å²) in [7, 11) is 0. The van der Waals surface area contributed by atoms with Gasteiger partial charge in [0.05, 0.1) is 6.10 Å². The molecule has 0 saturated heterocycles. The molecule has 0 N–H and O–H groups in total. The zero-order valence-corrected chi connectivity index (χ0v) is 12.2. The van der Waals surface area contributed by atoms with Crippen molar-refractivity contribution in [3.63, 3.8) is 0 Å². The monoisotopic (exact) mass is 242 g/mol. The summed E-state index contributed by atoms with van der Waals surface area (Å²) in [5, 5.41) is 0. The summed E-state index contributed by atoms with van der Waals surface area (Å²) in [6, 6.07) is 0. The van der Waals surface area contributed by atoms with Crippen LogP contribution < -0.4 is 0 Å². The molecule has 0 bridgehead atoms. The highest BCUT2D eigenvalue weighted by Gasteiger charge is 2.14. The van der Waals surface area contributed by atoms with Crippen molar-refractivity contribution in [1.29, 1.82) is 0 Å². The molecule has 17 heavy (non-hydrogen) atoms. The van der Waals surface area contributed by atoms with Gasteiger partial charge in [0.15, 0.2) is 0 Å². The first-order chi connectivity index (χ1) is 7.99. The third kappa shape index (κ3) is 9.20. The fourth-order valence-electron chi connectivity index (χ4n) is 2.89. The third-order valence-electron chi connectivity index (χ3n) is 3.41. The number of carbonyl (C=O) groups excluding carboxylic acids is 1. The molecule has 0 aromatic carbocycles. The summed E-state index contributed by atoms with van der Waals surface area (Å²) in [5.41, 5.74) is 0. The highest BCUT2D eigenvalue weighted by Crippen LogP contribution is 2.24. The molecule has 4 unspecified atom stereocenters. The van der Waals surface area contributed by atoms with Gasteiger partial charge in [0.1, 0.15) is 0 Å². The van der Waals surface area contributed by atoms with Crippen LogP contribution in [0.2, 0.25) is 0 Å². The smallest absolute Gasteiger partial charge is 0.293 e. The van der Waals surface area contributed by atoms with Crippen molar-refractivity contribution in [2.45, 2.75) is 72.8 Å². The van der Waals surface area contributed by atoms with E-state index in [1.54, 1.807) is 0 Å². The standard InChI is InChI=1S/C15H30O2/c1-6-7-12(2)8-13(3)9-14(4)10-15(5)17-11-16/h11-15H,6-10H2,1-5H3. The van der Waals surface area contributed by atoms with Crippen molar-refractivity contribution in [1.82, 2.24) is 0 Å². The first-order valence-electron chi connectivity index (χ1n) is 7.08. The normalized spacial score (nSPS) is 18.2. The predicted octanol–water partition coefficient (Wildman–Crippen LogP) is 4.43. The summed E-state index contributed by atoms with van der Waals surface area (Å²) in [4.78, 5) is 10.2. The topological polar surface area (TPSA) is 26.3 Å². The maximum absolute atomic E-state index is 10.2. The fourth-order valence-corrected chi connectivity index (χ4v) is 2.89. The first-order valence-corrected chi connectivity index (χ1v) is 7.08. The zero-order valence-electron chi connectivity index (χ0n) is 12.2. The van der Waals surface area contributed by atoms with Gasteiger partial charge in [0.25, 0.3) is 6.47 Å². The Labute approximate surface area is 107 Å². The SMILES string of the molecule is CCCC(C)CC(C)CC(C)CC(C)OC=O. The van der Waals surface area contributed by atoms with Crippen LogP contribution in [0.4, 0.5) is 0 Å². The van der Waals surface area contributed by atoms with Crippen molar-refractivity contribution in [3.05, 3.63) is 0 Å². The lowest BCUT2D eigenvalue weighted by Gasteiger charge is -2.22. The molecule has 4 atom stereocenters. The molecule has 0 aliphatic rings. The molecule has 0 aliphatic heterocycles. The summed E-state index contributed by atoms with van der Waals surface area (Å²) in [6.07, 6.45) is 6.21. The van der Waals surface area contributed by atoms with Crippen LogP contribution in [0.25, 0.3) is 0 Å².